The predicted molar refractivity (Wildman–Crippen MR) is 145 cm³/mol. The molecule has 2 heterocycles. The van der Waals surface area contributed by atoms with E-state index in [0.29, 0.717) is 64.0 Å². The fraction of sp³-hybridized carbons (Fsp3) is 0.429. The maximum atomic E-state index is 12.5. The van der Waals surface area contributed by atoms with E-state index in [1.165, 1.54) is 0 Å². The largest absolute Gasteiger partial charge is 0.419 e. The van der Waals surface area contributed by atoms with E-state index in [1.807, 2.05) is 55.4 Å². The molecule has 1 aromatic heterocycles. The molecule has 0 amide bonds. The Bertz CT molecular complexity index is 1190. The molecule has 4 rings (SSSR count). The van der Waals surface area contributed by atoms with Gasteiger partial charge in [0, 0.05) is 44.6 Å². The van der Waals surface area contributed by atoms with Crippen LogP contribution in [0.25, 0.3) is 23.3 Å². The van der Waals surface area contributed by atoms with Crippen LogP contribution in [0.5, 0.6) is 0 Å². The van der Waals surface area contributed by atoms with Crippen LogP contribution in [0, 0.1) is 0 Å². The fourth-order valence-corrected chi connectivity index (χ4v) is 3.84. The van der Waals surface area contributed by atoms with Crippen LogP contribution in [-0.4, -0.2) is 85.0 Å². The normalized spacial score (nSPS) is 17.0. The summed E-state index contributed by atoms with van der Waals surface area (Å²) in [7, 11) is 3.87. The Hall–Kier alpha value is -3.24. The van der Waals surface area contributed by atoms with Gasteiger partial charge in [-0.25, -0.2) is 9.78 Å². The summed E-state index contributed by atoms with van der Waals surface area (Å²) >= 11 is 0. The molecule has 1 aliphatic heterocycles. The molecule has 0 unspecified atom stereocenters. The Morgan fingerprint density at radius 1 is 0.784 bits per heavy atom. The van der Waals surface area contributed by atoms with Crippen molar-refractivity contribution in [2.75, 3.05) is 89.8 Å². The number of benzene rings is 2. The first-order valence-electron chi connectivity index (χ1n) is 12.6. The van der Waals surface area contributed by atoms with Gasteiger partial charge in [0.2, 0.25) is 0 Å². The van der Waals surface area contributed by atoms with Crippen LogP contribution >= 0.6 is 0 Å². The molecule has 1 saturated heterocycles. The van der Waals surface area contributed by atoms with Gasteiger partial charge in [0.05, 0.1) is 52.9 Å². The van der Waals surface area contributed by atoms with Crippen molar-refractivity contribution in [3.63, 3.8) is 0 Å². The Kier molecular flexibility index (Phi) is 10.1. The Balaban J connectivity index is 1.41. The quantitative estimate of drug-likeness (QED) is 0.526. The Labute approximate surface area is 217 Å². The number of aromatic nitrogens is 1. The van der Waals surface area contributed by atoms with Crippen molar-refractivity contribution in [3.05, 3.63) is 64.1 Å². The van der Waals surface area contributed by atoms with Crippen molar-refractivity contribution in [1.82, 2.24) is 4.98 Å². The van der Waals surface area contributed by atoms with Crippen LogP contribution < -0.4 is 15.4 Å². The molecule has 2 aromatic carbocycles. The molecule has 0 radical (unpaired) electrons. The molecule has 0 spiro atoms. The lowest BCUT2D eigenvalue weighted by molar-refractivity contribution is 0.00206. The van der Waals surface area contributed by atoms with Crippen molar-refractivity contribution in [3.8, 4) is 0 Å². The van der Waals surface area contributed by atoms with Gasteiger partial charge in [-0.2, -0.15) is 0 Å². The highest BCUT2D eigenvalue weighted by molar-refractivity contribution is 5.78. The highest BCUT2D eigenvalue weighted by Crippen LogP contribution is 2.20. The molecule has 3 aromatic rings. The van der Waals surface area contributed by atoms with E-state index >= 15 is 0 Å². The number of hydrogen-bond donors (Lipinski definition) is 0. The second-order valence-corrected chi connectivity index (χ2v) is 8.79. The minimum atomic E-state index is -0.464. The molecule has 37 heavy (non-hydrogen) atoms. The molecule has 9 nitrogen and oxygen atoms in total. The van der Waals surface area contributed by atoms with Crippen molar-refractivity contribution >= 4 is 34.6 Å². The summed E-state index contributed by atoms with van der Waals surface area (Å²) in [6, 6.07) is 13.7. The van der Waals surface area contributed by atoms with Gasteiger partial charge in [-0.15, -0.1) is 0 Å². The van der Waals surface area contributed by atoms with Gasteiger partial charge < -0.3 is 33.2 Å². The van der Waals surface area contributed by atoms with Crippen molar-refractivity contribution < 1.29 is 23.4 Å². The first kappa shape index (κ1) is 26.8. The van der Waals surface area contributed by atoms with Crippen LogP contribution in [0.15, 0.2) is 51.7 Å². The average molecular weight is 510 g/mol. The molecule has 0 atom stereocenters. The van der Waals surface area contributed by atoms with Gasteiger partial charge in [-0.05, 0) is 35.9 Å². The summed E-state index contributed by atoms with van der Waals surface area (Å²) in [5, 5.41) is 0. The summed E-state index contributed by atoms with van der Waals surface area (Å²) in [5.41, 5.74) is 3.88. The lowest BCUT2D eigenvalue weighted by Crippen LogP contribution is -2.31. The van der Waals surface area contributed by atoms with E-state index in [4.69, 9.17) is 23.4 Å². The van der Waals surface area contributed by atoms with E-state index in [-0.39, 0.29) is 5.69 Å². The maximum Gasteiger partial charge on any atom is 0.362 e. The number of rotatable bonds is 4. The molecular weight excluding hydrogens is 474 g/mol. The highest BCUT2D eigenvalue weighted by Gasteiger charge is 2.09. The molecule has 9 heteroatoms. The second-order valence-electron chi connectivity index (χ2n) is 8.79. The lowest BCUT2D eigenvalue weighted by atomic mass is 10.1. The van der Waals surface area contributed by atoms with E-state index < -0.39 is 5.63 Å². The number of nitrogens with zero attached hydrogens (tertiary/aromatic N) is 3. The van der Waals surface area contributed by atoms with Crippen LogP contribution in [-0.2, 0) is 18.9 Å². The number of ether oxygens (including phenoxy) is 4. The summed E-state index contributed by atoms with van der Waals surface area (Å²) in [5.74, 6) is 0. The van der Waals surface area contributed by atoms with E-state index in [9.17, 15) is 4.79 Å². The van der Waals surface area contributed by atoms with Gasteiger partial charge in [-0.1, -0.05) is 18.2 Å². The predicted octanol–water partition coefficient (Wildman–Crippen LogP) is 3.31. The van der Waals surface area contributed by atoms with E-state index in [0.717, 1.165) is 30.0 Å². The van der Waals surface area contributed by atoms with Crippen LogP contribution in [0.2, 0.25) is 0 Å². The average Bonchev–Trinajstić information content (AvgIpc) is 2.91. The summed E-state index contributed by atoms with van der Waals surface area (Å²) in [6.07, 6.45) is 3.55. The topological polar surface area (TPSA) is 86.5 Å². The highest BCUT2D eigenvalue weighted by atomic mass is 16.6. The van der Waals surface area contributed by atoms with E-state index in [1.54, 1.807) is 6.08 Å². The standard InChI is InChI=1S/C28H35N3O6/c1-30(2)24-8-10-25-27(21-24)37-28(32)26(29-25)9-5-22-3-6-23(7-4-22)31-11-13-33-15-17-35-19-20-36-18-16-34-14-12-31/h3-10,21H,11-20H2,1-2H3/b9-5+. The first-order valence-corrected chi connectivity index (χ1v) is 12.6. The molecule has 0 bridgehead atoms. The zero-order chi connectivity index (χ0) is 25.9. The molecule has 0 N–H and O–H groups in total. The smallest absolute Gasteiger partial charge is 0.362 e. The third-order valence-corrected chi connectivity index (χ3v) is 5.93. The van der Waals surface area contributed by atoms with E-state index in [2.05, 4.69) is 22.0 Å². The fourth-order valence-electron chi connectivity index (χ4n) is 3.84. The SMILES string of the molecule is CN(C)c1ccc2nc(/C=C/c3ccc(N4CCOCCOCCOCCOCC4)cc3)c(=O)oc2c1. The zero-order valence-corrected chi connectivity index (χ0v) is 21.6. The van der Waals surface area contributed by atoms with Crippen LogP contribution in [0.3, 0.4) is 0 Å². The molecule has 198 valence electrons. The molecule has 1 fully saturated rings. The van der Waals surface area contributed by atoms with Gasteiger partial charge >= 0.3 is 5.63 Å². The first-order chi connectivity index (χ1) is 18.1. The number of fused-ring (bicyclic) bond motifs is 1. The monoisotopic (exact) mass is 509 g/mol. The summed E-state index contributed by atoms with van der Waals surface area (Å²) < 4.78 is 27.9. The molecular formula is C28H35N3O6. The Morgan fingerprint density at radius 3 is 1.97 bits per heavy atom. The van der Waals surface area contributed by atoms with Crippen molar-refractivity contribution in [1.29, 1.82) is 0 Å². The maximum absolute atomic E-state index is 12.5. The minimum Gasteiger partial charge on any atom is -0.419 e. The van der Waals surface area contributed by atoms with Crippen LogP contribution in [0.4, 0.5) is 11.4 Å². The van der Waals surface area contributed by atoms with Gasteiger partial charge in [0.15, 0.2) is 5.58 Å². The van der Waals surface area contributed by atoms with Gasteiger partial charge in [0.25, 0.3) is 0 Å². The van der Waals surface area contributed by atoms with Crippen molar-refractivity contribution in [2.24, 2.45) is 0 Å². The number of anilines is 2. The summed E-state index contributed by atoms with van der Waals surface area (Å²) in [4.78, 5) is 21.1. The lowest BCUT2D eigenvalue weighted by Gasteiger charge is -2.25. The number of hydrogen-bond acceptors (Lipinski definition) is 9. The second kappa shape index (κ2) is 13.9. The molecule has 0 aliphatic carbocycles. The van der Waals surface area contributed by atoms with Gasteiger partial charge in [0.1, 0.15) is 11.2 Å². The zero-order valence-electron chi connectivity index (χ0n) is 21.6. The molecule has 1 aliphatic rings. The minimum absolute atomic E-state index is 0.266. The van der Waals surface area contributed by atoms with Crippen LogP contribution in [0.1, 0.15) is 11.3 Å². The third kappa shape index (κ3) is 8.13. The molecule has 0 saturated carbocycles. The summed E-state index contributed by atoms with van der Waals surface area (Å²) in [6.45, 7) is 6.04. The third-order valence-electron chi connectivity index (χ3n) is 5.93. The van der Waals surface area contributed by atoms with Gasteiger partial charge in [-0.3, -0.25) is 0 Å². The Morgan fingerprint density at radius 2 is 1.38 bits per heavy atom. The van der Waals surface area contributed by atoms with Crippen molar-refractivity contribution in [2.45, 2.75) is 0 Å².